The van der Waals surface area contributed by atoms with Gasteiger partial charge < -0.3 is 0 Å². The van der Waals surface area contributed by atoms with Gasteiger partial charge in [-0.2, -0.15) is 0 Å². The third kappa shape index (κ3) is 0.278. The van der Waals surface area contributed by atoms with Crippen LogP contribution in [0.3, 0.4) is 0 Å². The van der Waals surface area contributed by atoms with E-state index >= 15 is 0 Å². The van der Waals surface area contributed by atoms with Gasteiger partial charge in [-0.05, 0) is 81.8 Å². The van der Waals surface area contributed by atoms with Crippen LogP contribution in [0.25, 0.3) is 0 Å². The second kappa shape index (κ2) is 1.49. The molecular formula is C16H12I2. The molecule has 0 atom stereocenters. The fourth-order valence-electron chi connectivity index (χ4n) is 12.5. The molecule has 0 amide bonds. The third-order valence-corrected chi connectivity index (χ3v) is 16.1. The van der Waals surface area contributed by atoms with Crippen LogP contribution in [0.15, 0.2) is 0 Å². The smallest absolute Gasteiger partial charge is 0.0324 e. The molecule has 0 radical (unpaired) electrons. The van der Waals surface area contributed by atoms with Crippen molar-refractivity contribution in [1.29, 1.82) is 0 Å². The van der Waals surface area contributed by atoms with Crippen molar-refractivity contribution in [1.82, 2.24) is 0 Å². The Labute approximate surface area is 133 Å². The number of hydrogen-bond donors (Lipinski definition) is 0. The van der Waals surface area contributed by atoms with E-state index in [0.29, 0.717) is 0 Å². The van der Waals surface area contributed by atoms with Crippen molar-refractivity contribution in [3.63, 3.8) is 0 Å². The van der Waals surface area contributed by atoms with Crippen LogP contribution in [0.4, 0.5) is 0 Å². The summed E-state index contributed by atoms with van der Waals surface area (Å²) in [5.74, 6) is 15.5. The minimum atomic E-state index is 0.919. The lowest BCUT2D eigenvalue weighted by molar-refractivity contribution is -0.720. The van der Waals surface area contributed by atoms with E-state index in [9.17, 15) is 0 Å². The molecule has 0 aromatic heterocycles. The van der Waals surface area contributed by atoms with Crippen LogP contribution < -0.4 is 0 Å². The maximum Gasteiger partial charge on any atom is 0.0324 e. The van der Waals surface area contributed by atoms with Crippen molar-refractivity contribution >= 4 is 45.2 Å². The van der Waals surface area contributed by atoms with Gasteiger partial charge in [0.1, 0.15) is 0 Å². The van der Waals surface area contributed by atoms with Crippen molar-refractivity contribution in [3.8, 4) is 0 Å². The van der Waals surface area contributed by atoms with Gasteiger partial charge in [0.2, 0.25) is 0 Å². The molecule has 12 aliphatic rings. The maximum absolute atomic E-state index is 2.90. The fourth-order valence-corrected chi connectivity index (χ4v) is 17.2. The van der Waals surface area contributed by atoms with Crippen molar-refractivity contribution in [2.45, 2.75) is 6.84 Å². The Morgan fingerprint density at radius 2 is 0.611 bits per heavy atom. The molecule has 0 aromatic rings. The minimum absolute atomic E-state index is 0.919. The monoisotopic (exact) mass is 458 g/mol. The minimum Gasteiger partial charge on any atom is -0.0779 e. The average Bonchev–Trinajstić information content (AvgIpc) is 2.41. The van der Waals surface area contributed by atoms with Gasteiger partial charge in [-0.3, -0.25) is 0 Å². The van der Waals surface area contributed by atoms with Crippen LogP contribution in [0, 0.1) is 81.8 Å². The number of halogens is 2. The summed E-state index contributed by atoms with van der Waals surface area (Å²) in [6, 6.07) is 0. The Hall–Kier alpha value is 1.46. The van der Waals surface area contributed by atoms with Gasteiger partial charge in [-0.1, -0.05) is 45.2 Å². The molecule has 12 aliphatic carbocycles. The van der Waals surface area contributed by atoms with Crippen LogP contribution in [-0.2, 0) is 0 Å². The highest BCUT2D eigenvalue weighted by Crippen LogP contribution is 3.21. The Morgan fingerprint density at radius 3 is 0.833 bits per heavy atom. The number of alkyl halides is 2. The van der Waals surface area contributed by atoms with Crippen molar-refractivity contribution in [3.05, 3.63) is 0 Å². The molecule has 0 aliphatic heterocycles. The Kier molecular flexibility index (Phi) is 0.678. The lowest BCUT2D eigenvalue weighted by Crippen LogP contribution is -3.22. The predicted octanol–water partition coefficient (Wildman–Crippen LogP) is 2.84. The summed E-state index contributed by atoms with van der Waals surface area (Å²) >= 11 is 5.80. The summed E-state index contributed by atoms with van der Waals surface area (Å²) < 4.78 is 1.84. The van der Waals surface area contributed by atoms with Crippen molar-refractivity contribution in [2.75, 3.05) is 0 Å². The van der Waals surface area contributed by atoms with Gasteiger partial charge in [0.15, 0.2) is 0 Å². The zero-order valence-corrected chi connectivity index (χ0v) is 14.0. The van der Waals surface area contributed by atoms with E-state index in [4.69, 9.17) is 0 Å². The first-order valence-electron chi connectivity index (χ1n) is 8.09. The molecule has 12 saturated carbocycles. The molecular weight excluding hydrogens is 446 g/mol. The Balaban J connectivity index is 1.26. The van der Waals surface area contributed by atoms with Crippen LogP contribution in [0.5, 0.6) is 0 Å². The lowest BCUT2D eigenvalue weighted by Gasteiger charge is -3.22. The maximum atomic E-state index is 2.90. The molecule has 0 saturated heterocycles. The van der Waals surface area contributed by atoms with Crippen molar-refractivity contribution in [2.24, 2.45) is 81.8 Å². The zero-order valence-electron chi connectivity index (χ0n) is 9.68. The first-order valence-corrected chi connectivity index (χ1v) is 10.2. The van der Waals surface area contributed by atoms with E-state index in [0.717, 1.165) is 17.7 Å². The molecule has 0 spiro atoms. The van der Waals surface area contributed by atoms with E-state index in [1.807, 2.05) is 0 Å². The summed E-state index contributed by atoms with van der Waals surface area (Å²) in [6.07, 6.45) is 0. The second-order valence-corrected chi connectivity index (χ2v) is 13.6. The highest BCUT2D eigenvalue weighted by atomic mass is 127. The molecule has 0 nitrogen and oxygen atoms in total. The van der Waals surface area contributed by atoms with Gasteiger partial charge in [-0.15, -0.1) is 0 Å². The summed E-state index contributed by atoms with van der Waals surface area (Å²) in [5, 5.41) is 0. The molecule has 0 bridgehead atoms. The summed E-state index contributed by atoms with van der Waals surface area (Å²) in [6.45, 7) is 0. The Bertz CT molecular complexity index is 539. The fraction of sp³-hybridized carbons (Fsp3) is 1.00. The molecule has 0 unspecified atom stereocenters. The normalized spacial score (nSPS) is 115. The largest absolute Gasteiger partial charge is 0.0779 e. The molecule has 0 aromatic carbocycles. The average molecular weight is 458 g/mol. The van der Waals surface area contributed by atoms with Crippen molar-refractivity contribution < 1.29 is 0 Å². The summed E-state index contributed by atoms with van der Waals surface area (Å²) in [4.78, 5) is 0. The molecule has 2 heteroatoms. The topological polar surface area (TPSA) is 0 Å². The highest BCUT2D eigenvalue weighted by Gasteiger charge is 3.20. The van der Waals surface area contributed by atoms with Gasteiger partial charge in [0.25, 0.3) is 0 Å². The molecule has 0 heterocycles. The van der Waals surface area contributed by atoms with E-state index in [2.05, 4.69) is 45.2 Å². The van der Waals surface area contributed by atoms with E-state index in [1.165, 1.54) is 71.0 Å². The van der Waals surface area contributed by atoms with Crippen LogP contribution in [0.2, 0.25) is 0 Å². The predicted molar refractivity (Wildman–Crippen MR) is 80.2 cm³/mol. The van der Waals surface area contributed by atoms with Gasteiger partial charge in [-0.25, -0.2) is 0 Å². The molecule has 18 heavy (non-hydrogen) atoms. The number of hydrogen-bond acceptors (Lipinski definition) is 0. The van der Waals surface area contributed by atoms with Gasteiger partial charge in [0.05, 0.1) is 0 Å². The van der Waals surface area contributed by atoms with Crippen LogP contribution in [-0.4, -0.2) is 6.84 Å². The highest BCUT2D eigenvalue weighted by molar-refractivity contribution is 14.1. The Morgan fingerprint density at radius 1 is 0.389 bits per heavy atom. The standard InChI is InChI=1S/C16H12I2/c17-15-7-1-8(15)3-9(15)2(7)13(1,3)14-4-10-5(14)12-6(14)11(4)16(10,12)18/h1-12H. The lowest BCUT2D eigenvalue weighted by atomic mass is 8.84. The second-order valence-electron chi connectivity index (χ2n) is 9.83. The van der Waals surface area contributed by atoms with Crippen LogP contribution in [0.1, 0.15) is 0 Å². The van der Waals surface area contributed by atoms with Gasteiger partial charge >= 0.3 is 0 Å². The molecule has 12 rings (SSSR count). The quantitative estimate of drug-likeness (QED) is 0.419. The van der Waals surface area contributed by atoms with E-state index < -0.39 is 0 Å². The summed E-state index contributed by atoms with van der Waals surface area (Å²) in [7, 11) is 0. The first-order chi connectivity index (χ1) is 8.71. The first kappa shape index (κ1) is 8.19. The van der Waals surface area contributed by atoms with Crippen LogP contribution >= 0.6 is 45.2 Å². The third-order valence-electron chi connectivity index (χ3n) is 11.8. The number of rotatable bonds is 1. The molecule has 12 fully saturated rings. The van der Waals surface area contributed by atoms with E-state index in [-0.39, 0.29) is 0 Å². The van der Waals surface area contributed by atoms with E-state index in [1.54, 1.807) is 0 Å². The zero-order chi connectivity index (χ0) is 10.9. The SMILES string of the molecule is IC12C3C4C1C1C2C3C41C12C3C4C1C1C2C3C41I. The van der Waals surface area contributed by atoms with Gasteiger partial charge in [0, 0.05) is 6.84 Å². The molecule has 0 N–H and O–H groups in total. The molecule has 90 valence electrons. The summed E-state index contributed by atoms with van der Waals surface area (Å²) in [5.41, 5.74) is 2.11.